The average molecular weight is 450 g/mol. The fourth-order valence-electron chi connectivity index (χ4n) is 2.68. The molecule has 2 aromatic heterocycles. The number of carbonyl (C=O) groups excluding carboxylic acids is 1. The number of aromatic nitrogens is 3. The van der Waals surface area contributed by atoms with Crippen LogP contribution in [0.3, 0.4) is 0 Å². The molecule has 0 aliphatic rings. The number of hydrogen-bond donors (Lipinski definition) is 2. The molecule has 0 saturated heterocycles. The van der Waals surface area contributed by atoms with Crippen LogP contribution in [-0.2, 0) is 21.4 Å². The molecular weight excluding hydrogens is 426 g/mol. The number of rotatable bonds is 8. The molecule has 3 N–H and O–H groups in total. The molecule has 9 nitrogen and oxygen atoms in total. The first kappa shape index (κ1) is 22.1. The zero-order chi connectivity index (χ0) is 21.9. The Morgan fingerprint density at radius 1 is 1.20 bits per heavy atom. The van der Waals surface area contributed by atoms with Gasteiger partial charge in [-0.2, -0.15) is 0 Å². The van der Waals surface area contributed by atoms with Crippen molar-refractivity contribution in [3.05, 3.63) is 42.7 Å². The van der Waals surface area contributed by atoms with Crippen molar-refractivity contribution < 1.29 is 17.6 Å². The molecule has 0 spiro atoms. The van der Waals surface area contributed by atoms with E-state index in [0.717, 1.165) is 0 Å². The van der Waals surface area contributed by atoms with Crippen LogP contribution in [0.25, 0.3) is 11.6 Å². The quantitative estimate of drug-likeness (QED) is 0.505. The topological polar surface area (TPSA) is 133 Å². The minimum absolute atomic E-state index is 0.0184. The summed E-state index contributed by atoms with van der Waals surface area (Å²) < 4.78 is 30.1. The summed E-state index contributed by atoms with van der Waals surface area (Å²) in [5.41, 5.74) is 0.472. The lowest BCUT2D eigenvalue weighted by Gasteiger charge is -2.14. The van der Waals surface area contributed by atoms with Crippen LogP contribution in [0.5, 0.6) is 0 Å². The van der Waals surface area contributed by atoms with E-state index in [1.807, 2.05) is 10.6 Å². The van der Waals surface area contributed by atoms with Gasteiger partial charge in [-0.05, 0) is 49.2 Å². The number of benzene rings is 1. The first-order valence-corrected chi connectivity index (χ1v) is 11.6. The van der Waals surface area contributed by atoms with E-state index < -0.39 is 15.3 Å². The first-order chi connectivity index (χ1) is 14.1. The highest BCUT2D eigenvalue weighted by atomic mass is 32.2. The number of primary sulfonamides is 1. The van der Waals surface area contributed by atoms with Crippen LogP contribution >= 0.6 is 11.8 Å². The van der Waals surface area contributed by atoms with Crippen LogP contribution < -0.4 is 10.5 Å². The molecule has 1 amide bonds. The predicted molar refractivity (Wildman–Crippen MR) is 114 cm³/mol. The Morgan fingerprint density at radius 2 is 1.90 bits per heavy atom. The first-order valence-electron chi connectivity index (χ1n) is 9.22. The van der Waals surface area contributed by atoms with E-state index in [-0.39, 0.29) is 10.8 Å². The maximum absolute atomic E-state index is 12.6. The van der Waals surface area contributed by atoms with Crippen molar-refractivity contribution in [2.75, 3.05) is 5.32 Å². The van der Waals surface area contributed by atoms with Crippen molar-refractivity contribution in [2.45, 2.75) is 42.6 Å². The molecule has 3 rings (SSSR count). The Hall–Kier alpha value is -2.63. The normalized spacial score (nSPS) is 12.8. The molecule has 0 radical (unpaired) electrons. The molecule has 11 heteroatoms. The molecule has 0 aliphatic heterocycles. The van der Waals surface area contributed by atoms with Crippen molar-refractivity contribution in [1.82, 2.24) is 14.8 Å². The van der Waals surface area contributed by atoms with E-state index in [4.69, 9.17) is 9.56 Å². The van der Waals surface area contributed by atoms with Gasteiger partial charge in [0.15, 0.2) is 16.7 Å². The zero-order valence-corrected chi connectivity index (χ0v) is 18.4. The minimum Gasteiger partial charge on any atom is -0.461 e. The smallest absolute Gasteiger partial charge is 0.238 e. The molecule has 0 aliphatic carbocycles. The van der Waals surface area contributed by atoms with Gasteiger partial charge in [0, 0.05) is 12.2 Å². The van der Waals surface area contributed by atoms with Crippen LogP contribution in [0.15, 0.2) is 57.1 Å². The molecule has 1 atom stereocenters. The third kappa shape index (κ3) is 5.29. The lowest BCUT2D eigenvalue weighted by atomic mass is 10.2. The molecule has 160 valence electrons. The highest BCUT2D eigenvalue weighted by molar-refractivity contribution is 8.00. The molecule has 1 aromatic carbocycles. The van der Waals surface area contributed by atoms with Crippen LogP contribution in [-0.4, -0.2) is 34.3 Å². The number of nitrogens with one attached hydrogen (secondary N) is 1. The third-order valence-electron chi connectivity index (χ3n) is 4.11. The molecule has 0 saturated carbocycles. The van der Waals surface area contributed by atoms with E-state index in [1.165, 1.54) is 36.0 Å². The van der Waals surface area contributed by atoms with Crippen molar-refractivity contribution in [1.29, 1.82) is 0 Å². The second kappa shape index (κ2) is 9.02. The summed E-state index contributed by atoms with van der Waals surface area (Å²) in [5.74, 6) is 1.32. The molecule has 2 heterocycles. The average Bonchev–Trinajstić information content (AvgIpc) is 3.31. The number of thioether (sulfide) groups is 1. The number of nitrogens with two attached hydrogens (primary N) is 1. The largest absolute Gasteiger partial charge is 0.461 e. The van der Waals surface area contributed by atoms with Gasteiger partial charge < -0.3 is 9.73 Å². The van der Waals surface area contributed by atoms with Crippen LogP contribution in [0.4, 0.5) is 5.69 Å². The van der Waals surface area contributed by atoms with E-state index in [9.17, 15) is 13.2 Å². The molecule has 30 heavy (non-hydrogen) atoms. The highest BCUT2D eigenvalue weighted by Crippen LogP contribution is 2.28. The summed E-state index contributed by atoms with van der Waals surface area (Å²) in [7, 11) is -3.78. The van der Waals surface area contributed by atoms with E-state index in [1.54, 1.807) is 19.3 Å². The number of nitrogens with zero attached hydrogens (tertiary/aromatic N) is 3. The molecule has 0 bridgehead atoms. The van der Waals surface area contributed by atoms with Gasteiger partial charge in [-0.1, -0.05) is 25.6 Å². The maximum Gasteiger partial charge on any atom is 0.238 e. The van der Waals surface area contributed by atoms with Crippen LogP contribution in [0, 0.1) is 5.92 Å². The van der Waals surface area contributed by atoms with Crippen molar-refractivity contribution in [3.8, 4) is 11.6 Å². The number of carbonyl (C=O) groups is 1. The predicted octanol–water partition coefficient (Wildman–Crippen LogP) is 2.96. The van der Waals surface area contributed by atoms with Gasteiger partial charge in [-0.3, -0.25) is 9.36 Å². The highest BCUT2D eigenvalue weighted by Gasteiger charge is 2.22. The second-order valence-electron chi connectivity index (χ2n) is 7.11. The number of hydrogen-bond acceptors (Lipinski definition) is 7. The van der Waals surface area contributed by atoms with Crippen LogP contribution in [0.2, 0.25) is 0 Å². The van der Waals surface area contributed by atoms with E-state index in [0.29, 0.717) is 34.9 Å². The Labute approximate surface area is 179 Å². The molecule has 0 unspecified atom stereocenters. The van der Waals surface area contributed by atoms with Gasteiger partial charge in [-0.25, -0.2) is 13.6 Å². The SMILES string of the molecule is CC(C)Cn1c(S[C@@H](C)C(=O)Nc2ccc(S(N)(=O)=O)cc2)nnc1-c1ccco1. The van der Waals surface area contributed by atoms with Crippen molar-refractivity contribution in [2.24, 2.45) is 11.1 Å². The zero-order valence-electron chi connectivity index (χ0n) is 16.8. The summed E-state index contributed by atoms with van der Waals surface area (Å²) in [6.07, 6.45) is 1.58. The number of sulfonamides is 1. The Balaban J connectivity index is 1.73. The Bertz CT molecular complexity index is 1110. The van der Waals surface area contributed by atoms with Gasteiger partial charge in [0.05, 0.1) is 16.4 Å². The number of amides is 1. The lowest BCUT2D eigenvalue weighted by molar-refractivity contribution is -0.115. The standard InChI is InChI=1S/C19H23N5O4S2/c1-12(2)11-24-17(16-5-4-10-28-16)22-23-19(24)29-13(3)18(25)21-14-6-8-15(9-7-14)30(20,26)27/h4-10,12-13H,11H2,1-3H3,(H,21,25)(H2,20,26,27)/t13-/m0/s1. The van der Waals surface area contributed by atoms with E-state index in [2.05, 4.69) is 29.4 Å². The van der Waals surface area contributed by atoms with Gasteiger partial charge in [0.2, 0.25) is 15.9 Å². The summed E-state index contributed by atoms with van der Waals surface area (Å²) in [6, 6.07) is 9.27. The van der Waals surface area contributed by atoms with Gasteiger partial charge in [0.1, 0.15) is 0 Å². The fourth-order valence-corrected chi connectivity index (χ4v) is 4.05. The monoisotopic (exact) mass is 449 g/mol. The number of furan rings is 1. The summed E-state index contributed by atoms with van der Waals surface area (Å²) in [5, 5.41) is 16.5. The summed E-state index contributed by atoms with van der Waals surface area (Å²) in [6.45, 7) is 6.61. The fraction of sp³-hybridized carbons (Fsp3) is 0.316. The summed E-state index contributed by atoms with van der Waals surface area (Å²) >= 11 is 1.28. The second-order valence-corrected chi connectivity index (χ2v) is 9.98. The van der Waals surface area contributed by atoms with Gasteiger partial charge in [0.25, 0.3) is 0 Å². The molecular formula is C19H23N5O4S2. The maximum atomic E-state index is 12.6. The third-order valence-corrected chi connectivity index (χ3v) is 6.12. The molecule has 0 fully saturated rings. The Kier molecular flexibility index (Phi) is 6.64. The summed E-state index contributed by atoms with van der Waals surface area (Å²) in [4.78, 5) is 12.6. The van der Waals surface area contributed by atoms with Gasteiger partial charge in [-0.15, -0.1) is 10.2 Å². The Morgan fingerprint density at radius 3 is 2.47 bits per heavy atom. The van der Waals surface area contributed by atoms with Crippen molar-refractivity contribution in [3.63, 3.8) is 0 Å². The minimum atomic E-state index is -3.78. The lowest BCUT2D eigenvalue weighted by Crippen LogP contribution is -2.23. The number of anilines is 1. The van der Waals surface area contributed by atoms with Gasteiger partial charge >= 0.3 is 0 Å². The van der Waals surface area contributed by atoms with E-state index >= 15 is 0 Å². The van der Waals surface area contributed by atoms with Crippen LogP contribution in [0.1, 0.15) is 20.8 Å². The van der Waals surface area contributed by atoms with Crippen molar-refractivity contribution >= 4 is 33.4 Å². The molecule has 3 aromatic rings.